The van der Waals surface area contributed by atoms with Gasteiger partial charge in [-0.15, -0.1) is 0 Å². The average molecular weight is 245 g/mol. The van der Waals surface area contributed by atoms with Gasteiger partial charge in [-0.3, -0.25) is 4.79 Å². The summed E-state index contributed by atoms with van der Waals surface area (Å²) in [6.07, 6.45) is 9.45. The molecule has 18 heavy (non-hydrogen) atoms. The maximum atomic E-state index is 12.3. The van der Waals surface area contributed by atoms with Gasteiger partial charge in [0.25, 0.3) is 0 Å². The molecule has 4 aliphatic rings. The molecule has 4 aliphatic carbocycles. The van der Waals surface area contributed by atoms with Crippen molar-refractivity contribution >= 4 is 5.78 Å². The fourth-order valence-corrected chi connectivity index (χ4v) is 5.39. The zero-order valence-electron chi connectivity index (χ0n) is 11.3. The number of carbonyl (C=O) groups is 1. The van der Waals surface area contributed by atoms with Crippen LogP contribution in [0, 0.1) is 40.4 Å². The molecular weight excluding hydrogens is 222 g/mol. The molecule has 2 nitrogen and oxygen atoms in total. The summed E-state index contributed by atoms with van der Waals surface area (Å²) in [4.78, 5) is 12.3. The second-order valence-corrected chi connectivity index (χ2v) is 7.15. The van der Waals surface area contributed by atoms with Gasteiger partial charge in [0.05, 0.1) is 6.07 Å². The van der Waals surface area contributed by atoms with Gasteiger partial charge in [-0.05, 0) is 68.1 Å². The van der Waals surface area contributed by atoms with Gasteiger partial charge in [-0.2, -0.15) is 5.26 Å². The topological polar surface area (TPSA) is 40.9 Å². The molecule has 0 N–H and O–H groups in total. The lowest BCUT2D eigenvalue weighted by molar-refractivity contribution is -0.129. The van der Waals surface area contributed by atoms with E-state index in [1.54, 1.807) is 0 Å². The Kier molecular flexibility index (Phi) is 2.96. The Labute approximate surface area is 110 Å². The number of nitriles is 1. The van der Waals surface area contributed by atoms with E-state index in [0.717, 1.165) is 17.8 Å². The molecule has 0 radical (unpaired) electrons. The highest BCUT2D eigenvalue weighted by atomic mass is 16.1. The molecule has 0 spiro atoms. The van der Waals surface area contributed by atoms with Crippen molar-refractivity contribution in [3.8, 4) is 6.07 Å². The van der Waals surface area contributed by atoms with Gasteiger partial charge in [0, 0.05) is 6.42 Å². The Morgan fingerprint density at radius 1 is 1.22 bits per heavy atom. The summed E-state index contributed by atoms with van der Waals surface area (Å²) in [5.74, 6) is 2.56. The molecule has 4 saturated carbocycles. The van der Waals surface area contributed by atoms with Crippen LogP contribution in [0.2, 0.25) is 0 Å². The van der Waals surface area contributed by atoms with Gasteiger partial charge in [0.2, 0.25) is 0 Å². The van der Waals surface area contributed by atoms with Crippen molar-refractivity contribution in [1.82, 2.24) is 0 Å². The third-order valence-corrected chi connectivity index (χ3v) is 5.67. The highest BCUT2D eigenvalue weighted by Crippen LogP contribution is 2.61. The van der Waals surface area contributed by atoms with Gasteiger partial charge in [-0.1, -0.05) is 6.92 Å². The third-order valence-electron chi connectivity index (χ3n) is 5.67. The van der Waals surface area contributed by atoms with Gasteiger partial charge >= 0.3 is 0 Å². The largest absolute Gasteiger partial charge is 0.298 e. The molecule has 4 rings (SSSR count). The number of hydrogen-bond acceptors (Lipinski definition) is 2. The normalized spacial score (nSPS) is 42.6. The predicted molar refractivity (Wildman–Crippen MR) is 69.6 cm³/mol. The summed E-state index contributed by atoms with van der Waals surface area (Å²) in [7, 11) is 0. The van der Waals surface area contributed by atoms with Crippen LogP contribution in [0.1, 0.15) is 58.3 Å². The molecule has 0 saturated heterocycles. The Balaban J connectivity index is 1.72. The summed E-state index contributed by atoms with van der Waals surface area (Å²) in [6.45, 7) is 1.95. The van der Waals surface area contributed by atoms with E-state index in [1.807, 2.05) is 6.92 Å². The predicted octanol–water partition coefficient (Wildman–Crippen LogP) is 3.71. The van der Waals surface area contributed by atoms with E-state index in [0.29, 0.717) is 18.3 Å². The Morgan fingerprint density at radius 3 is 2.11 bits per heavy atom. The minimum Gasteiger partial charge on any atom is -0.298 e. The van der Waals surface area contributed by atoms with Crippen LogP contribution in [0.5, 0.6) is 0 Å². The highest BCUT2D eigenvalue weighted by Gasteiger charge is 2.51. The number of carbonyl (C=O) groups excluding carboxylic acids is 1. The third kappa shape index (κ3) is 1.98. The first-order valence-electron chi connectivity index (χ1n) is 7.56. The van der Waals surface area contributed by atoms with Crippen LogP contribution in [0.3, 0.4) is 0 Å². The van der Waals surface area contributed by atoms with Gasteiger partial charge in [-0.25, -0.2) is 0 Å². The fraction of sp³-hybridized carbons (Fsp3) is 0.875. The maximum Gasteiger partial charge on any atom is 0.150 e. The SMILES string of the molecule is CCC(C#N)C(=O)CC12CC3CC(CC(C3)C1)C2. The molecule has 0 aromatic carbocycles. The van der Waals surface area contributed by atoms with E-state index in [9.17, 15) is 4.79 Å². The standard InChI is InChI=1S/C16H23NO/c1-2-14(10-17)15(18)9-16-6-11-3-12(7-16)5-13(4-11)8-16/h11-14H,2-9H2,1H3. The summed E-state index contributed by atoms with van der Waals surface area (Å²) in [5, 5.41) is 9.04. The van der Waals surface area contributed by atoms with E-state index in [2.05, 4.69) is 6.07 Å². The summed E-state index contributed by atoms with van der Waals surface area (Å²) < 4.78 is 0. The van der Waals surface area contributed by atoms with Gasteiger partial charge < -0.3 is 0 Å². The number of Topliss-reactive ketones (excluding diaryl/α,β-unsaturated/α-hetero) is 1. The molecule has 0 aliphatic heterocycles. The van der Waals surface area contributed by atoms with Crippen LogP contribution in [-0.4, -0.2) is 5.78 Å². The van der Waals surface area contributed by atoms with Crippen molar-refractivity contribution in [2.75, 3.05) is 0 Å². The Bertz CT molecular complexity index is 357. The molecule has 0 heterocycles. The monoisotopic (exact) mass is 245 g/mol. The summed E-state index contributed by atoms with van der Waals surface area (Å²) >= 11 is 0. The summed E-state index contributed by atoms with van der Waals surface area (Å²) in [5.41, 5.74) is 0.302. The van der Waals surface area contributed by atoms with Crippen molar-refractivity contribution < 1.29 is 4.79 Å². The molecule has 4 bridgehead atoms. The quantitative estimate of drug-likeness (QED) is 0.757. The number of ketones is 1. The molecule has 0 amide bonds. The van der Waals surface area contributed by atoms with Crippen molar-refractivity contribution in [1.29, 1.82) is 5.26 Å². The highest BCUT2D eigenvalue weighted by molar-refractivity contribution is 5.83. The molecule has 0 aromatic rings. The summed E-state index contributed by atoms with van der Waals surface area (Å²) in [6, 6.07) is 2.18. The molecule has 2 heteroatoms. The molecule has 98 valence electrons. The van der Waals surface area contributed by atoms with Crippen LogP contribution in [0.15, 0.2) is 0 Å². The minimum absolute atomic E-state index is 0.224. The lowest BCUT2D eigenvalue weighted by atomic mass is 9.48. The van der Waals surface area contributed by atoms with E-state index >= 15 is 0 Å². The number of nitrogens with zero attached hydrogens (tertiary/aromatic N) is 1. The van der Waals surface area contributed by atoms with Crippen LogP contribution < -0.4 is 0 Å². The molecule has 1 unspecified atom stereocenters. The maximum absolute atomic E-state index is 12.3. The van der Waals surface area contributed by atoms with Crippen LogP contribution in [-0.2, 0) is 4.79 Å². The van der Waals surface area contributed by atoms with Crippen molar-refractivity contribution in [3.05, 3.63) is 0 Å². The zero-order chi connectivity index (χ0) is 12.8. The van der Waals surface area contributed by atoms with E-state index in [1.165, 1.54) is 38.5 Å². The lowest BCUT2D eigenvalue weighted by Gasteiger charge is -2.56. The second-order valence-electron chi connectivity index (χ2n) is 7.15. The molecule has 0 aromatic heterocycles. The van der Waals surface area contributed by atoms with Gasteiger partial charge in [0.15, 0.2) is 5.78 Å². The van der Waals surface area contributed by atoms with E-state index in [4.69, 9.17) is 5.26 Å². The number of hydrogen-bond donors (Lipinski definition) is 0. The fourth-order valence-electron chi connectivity index (χ4n) is 5.39. The smallest absolute Gasteiger partial charge is 0.150 e. The average Bonchev–Trinajstić information content (AvgIpc) is 2.27. The minimum atomic E-state index is -0.349. The molecule has 1 atom stereocenters. The van der Waals surface area contributed by atoms with Crippen molar-refractivity contribution in [2.45, 2.75) is 58.3 Å². The second kappa shape index (κ2) is 4.37. The molecular formula is C16H23NO. The van der Waals surface area contributed by atoms with Crippen LogP contribution in [0.4, 0.5) is 0 Å². The first kappa shape index (κ1) is 12.2. The van der Waals surface area contributed by atoms with E-state index in [-0.39, 0.29) is 11.7 Å². The van der Waals surface area contributed by atoms with E-state index < -0.39 is 0 Å². The zero-order valence-corrected chi connectivity index (χ0v) is 11.3. The Morgan fingerprint density at radius 2 is 1.72 bits per heavy atom. The van der Waals surface area contributed by atoms with Gasteiger partial charge in [0.1, 0.15) is 5.92 Å². The van der Waals surface area contributed by atoms with Crippen LogP contribution >= 0.6 is 0 Å². The number of rotatable bonds is 4. The van der Waals surface area contributed by atoms with Crippen molar-refractivity contribution in [2.24, 2.45) is 29.1 Å². The van der Waals surface area contributed by atoms with Crippen molar-refractivity contribution in [3.63, 3.8) is 0 Å². The first-order valence-corrected chi connectivity index (χ1v) is 7.56. The van der Waals surface area contributed by atoms with Crippen LogP contribution in [0.25, 0.3) is 0 Å². The molecule has 4 fully saturated rings. The Hall–Kier alpha value is -0.840. The first-order chi connectivity index (χ1) is 8.64. The lowest BCUT2D eigenvalue weighted by Crippen LogP contribution is -2.47.